The molecule has 0 aliphatic carbocycles. The van der Waals surface area contributed by atoms with Gasteiger partial charge in [0.2, 0.25) is 0 Å². The molecule has 0 saturated carbocycles. The Hall–Kier alpha value is -3.82. The van der Waals surface area contributed by atoms with Crippen LogP contribution in [0.15, 0.2) is 67.1 Å². The third-order valence-corrected chi connectivity index (χ3v) is 7.50. The Labute approximate surface area is 192 Å². The first-order chi connectivity index (χ1) is 16.3. The van der Waals surface area contributed by atoms with Crippen LogP contribution in [0.5, 0.6) is 0 Å². The van der Waals surface area contributed by atoms with Crippen LogP contribution in [0, 0.1) is 11.3 Å². The summed E-state index contributed by atoms with van der Waals surface area (Å²) in [6.07, 6.45) is 8.60. The molecule has 2 saturated heterocycles. The highest BCUT2D eigenvalue weighted by atomic mass is 15.2. The summed E-state index contributed by atoms with van der Waals surface area (Å²) >= 11 is 0. The molecule has 3 aliphatic heterocycles. The second-order valence-corrected chi connectivity index (χ2v) is 9.26. The van der Waals surface area contributed by atoms with Gasteiger partial charge in [0.05, 0.1) is 23.0 Å². The van der Waals surface area contributed by atoms with Crippen molar-refractivity contribution in [2.24, 2.45) is 0 Å². The molecule has 0 spiro atoms. The SMILES string of the molecule is N#Cc1ccc(-c2cc3n(c2)Cc2cc(N4CC[C@H]5NCC[C@@H]54)ccc2-n2ccnc2-3)cc1. The van der Waals surface area contributed by atoms with Crippen LogP contribution in [-0.2, 0) is 6.54 Å². The summed E-state index contributed by atoms with van der Waals surface area (Å²) in [5.41, 5.74) is 7.88. The van der Waals surface area contributed by atoms with E-state index < -0.39 is 0 Å². The fraction of sp³-hybridized carbons (Fsp3) is 0.259. The predicted molar refractivity (Wildman–Crippen MR) is 128 cm³/mol. The number of fused-ring (bicyclic) bond motifs is 6. The molecular weight excluding hydrogens is 408 g/mol. The molecule has 0 bridgehead atoms. The molecule has 2 aromatic carbocycles. The Morgan fingerprint density at radius 3 is 2.82 bits per heavy atom. The standard InChI is InChI=1S/C27H24N6/c28-15-18-1-3-19(4-2-18)20-14-26-27-30-10-12-33(27)24-6-5-22(13-21(24)17-31(26)16-20)32-11-8-23-25(32)7-9-29-23/h1-6,10,12-14,16,23,25,29H,7-9,11,17H2/t23-,25+/m1/s1. The number of aromatic nitrogens is 3. The van der Waals surface area contributed by atoms with Gasteiger partial charge in [-0.2, -0.15) is 5.26 Å². The number of hydrogen-bond acceptors (Lipinski definition) is 4. The summed E-state index contributed by atoms with van der Waals surface area (Å²) in [5.74, 6) is 0.961. The number of imidazole rings is 1. The molecule has 5 heterocycles. The molecule has 2 fully saturated rings. The molecule has 162 valence electrons. The summed E-state index contributed by atoms with van der Waals surface area (Å²) in [6.45, 7) is 3.05. The van der Waals surface area contributed by atoms with E-state index in [-0.39, 0.29) is 0 Å². The van der Waals surface area contributed by atoms with Gasteiger partial charge in [-0.25, -0.2) is 4.98 Å². The lowest BCUT2D eigenvalue weighted by atomic mass is 10.1. The van der Waals surface area contributed by atoms with Crippen molar-refractivity contribution in [2.45, 2.75) is 31.5 Å². The van der Waals surface area contributed by atoms with Crippen molar-refractivity contribution in [1.82, 2.24) is 19.4 Å². The average Bonchev–Trinajstić information content (AvgIpc) is 3.62. The number of rotatable bonds is 2. The molecule has 2 atom stereocenters. The minimum atomic E-state index is 0.614. The smallest absolute Gasteiger partial charge is 0.161 e. The zero-order valence-corrected chi connectivity index (χ0v) is 18.3. The molecule has 2 aromatic heterocycles. The van der Waals surface area contributed by atoms with E-state index in [4.69, 9.17) is 10.2 Å². The Morgan fingerprint density at radius 2 is 1.94 bits per heavy atom. The number of nitrogens with one attached hydrogen (secondary N) is 1. The highest BCUT2D eigenvalue weighted by Crippen LogP contribution is 2.37. The van der Waals surface area contributed by atoms with Crippen molar-refractivity contribution < 1.29 is 0 Å². The average molecular weight is 433 g/mol. The quantitative estimate of drug-likeness (QED) is 0.455. The fourth-order valence-corrected chi connectivity index (χ4v) is 5.89. The lowest BCUT2D eigenvalue weighted by Gasteiger charge is -2.26. The molecule has 4 aromatic rings. The Morgan fingerprint density at radius 1 is 1.03 bits per heavy atom. The van der Waals surface area contributed by atoms with E-state index in [2.05, 4.69) is 62.1 Å². The van der Waals surface area contributed by atoms with Crippen LogP contribution in [0.25, 0.3) is 28.3 Å². The van der Waals surface area contributed by atoms with Crippen molar-refractivity contribution >= 4 is 5.69 Å². The van der Waals surface area contributed by atoms with Crippen LogP contribution < -0.4 is 10.2 Å². The molecule has 0 radical (unpaired) electrons. The highest BCUT2D eigenvalue weighted by molar-refractivity contribution is 5.72. The van der Waals surface area contributed by atoms with Gasteiger partial charge in [-0.05, 0) is 66.9 Å². The molecular formula is C27H24N6. The molecule has 1 N–H and O–H groups in total. The fourth-order valence-electron chi connectivity index (χ4n) is 5.89. The van der Waals surface area contributed by atoms with E-state index in [0.717, 1.165) is 42.3 Å². The normalized spacial score (nSPS) is 20.5. The van der Waals surface area contributed by atoms with Crippen LogP contribution >= 0.6 is 0 Å². The maximum atomic E-state index is 9.12. The van der Waals surface area contributed by atoms with E-state index in [9.17, 15) is 0 Å². The number of anilines is 1. The molecule has 6 nitrogen and oxygen atoms in total. The van der Waals surface area contributed by atoms with Gasteiger partial charge in [0.25, 0.3) is 0 Å². The van der Waals surface area contributed by atoms with Crippen LogP contribution in [0.1, 0.15) is 24.0 Å². The summed E-state index contributed by atoms with van der Waals surface area (Å²) in [4.78, 5) is 7.32. The molecule has 0 unspecified atom stereocenters. The largest absolute Gasteiger partial charge is 0.367 e. The summed E-state index contributed by atoms with van der Waals surface area (Å²) in [6, 6.07) is 20.4. The van der Waals surface area contributed by atoms with Crippen LogP contribution in [0.4, 0.5) is 5.69 Å². The topological polar surface area (TPSA) is 61.8 Å². The minimum Gasteiger partial charge on any atom is -0.367 e. The van der Waals surface area contributed by atoms with Crippen molar-refractivity contribution in [1.29, 1.82) is 5.26 Å². The second kappa shape index (κ2) is 7.09. The van der Waals surface area contributed by atoms with Gasteiger partial charge in [0, 0.05) is 55.0 Å². The zero-order chi connectivity index (χ0) is 21.9. The van der Waals surface area contributed by atoms with Crippen LogP contribution in [-0.4, -0.2) is 39.3 Å². The van der Waals surface area contributed by atoms with Crippen molar-refractivity contribution in [3.05, 3.63) is 78.2 Å². The zero-order valence-electron chi connectivity index (χ0n) is 18.3. The first-order valence-electron chi connectivity index (χ1n) is 11.7. The van der Waals surface area contributed by atoms with Gasteiger partial charge in [-0.15, -0.1) is 0 Å². The first-order valence-corrected chi connectivity index (χ1v) is 11.7. The van der Waals surface area contributed by atoms with Crippen LogP contribution in [0.2, 0.25) is 0 Å². The number of benzene rings is 2. The molecule has 0 amide bonds. The van der Waals surface area contributed by atoms with E-state index in [1.165, 1.54) is 29.8 Å². The van der Waals surface area contributed by atoms with E-state index in [1.54, 1.807) is 0 Å². The molecule has 3 aliphatic rings. The third-order valence-electron chi connectivity index (χ3n) is 7.50. The van der Waals surface area contributed by atoms with Gasteiger partial charge in [-0.1, -0.05) is 12.1 Å². The summed E-state index contributed by atoms with van der Waals surface area (Å²) in [5, 5.41) is 12.8. The van der Waals surface area contributed by atoms with Gasteiger partial charge in [0.15, 0.2) is 5.82 Å². The van der Waals surface area contributed by atoms with Gasteiger partial charge in [0.1, 0.15) is 0 Å². The monoisotopic (exact) mass is 432 g/mol. The highest BCUT2D eigenvalue weighted by Gasteiger charge is 2.37. The Bertz CT molecular complexity index is 1400. The molecule has 33 heavy (non-hydrogen) atoms. The Kier molecular flexibility index (Phi) is 4.02. The maximum absolute atomic E-state index is 9.12. The van der Waals surface area contributed by atoms with Crippen molar-refractivity contribution in [2.75, 3.05) is 18.0 Å². The van der Waals surface area contributed by atoms with Gasteiger partial charge < -0.3 is 14.8 Å². The third kappa shape index (κ3) is 2.86. The summed E-state index contributed by atoms with van der Waals surface area (Å²) in [7, 11) is 0. The predicted octanol–water partition coefficient (Wildman–Crippen LogP) is 4.18. The maximum Gasteiger partial charge on any atom is 0.161 e. The number of nitriles is 1. The number of nitrogens with zero attached hydrogens (tertiary/aromatic N) is 5. The van der Waals surface area contributed by atoms with Gasteiger partial charge >= 0.3 is 0 Å². The Balaban J connectivity index is 1.31. The van der Waals surface area contributed by atoms with Crippen molar-refractivity contribution in [3.63, 3.8) is 0 Å². The van der Waals surface area contributed by atoms with E-state index in [0.29, 0.717) is 17.6 Å². The lowest BCUT2D eigenvalue weighted by molar-refractivity contribution is 0.601. The first kappa shape index (κ1) is 18.7. The lowest BCUT2D eigenvalue weighted by Crippen LogP contribution is -2.34. The van der Waals surface area contributed by atoms with Gasteiger partial charge in [-0.3, -0.25) is 4.57 Å². The van der Waals surface area contributed by atoms with Crippen LogP contribution in [0.3, 0.4) is 0 Å². The number of hydrogen-bond donors (Lipinski definition) is 1. The summed E-state index contributed by atoms with van der Waals surface area (Å²) < 4.78 is 4.52. The molecule has 7 rings (SSSR count). The van der Waals surface area contributed by atoms with Crippen molar-refractivity contribution in [3.8, 4) is 34.4 Å². The second-order valence-electron chi connectivity index (χ2n) is 9.26. The van der Waals surface area contributed by atoms with E-state index >= 15 is 0 Å². The minimum absolute atomic E-state index is 0.614. The molecule has 6 heteroatoms. The van der Waals surface area contributed by atoms with E-state index in [1.807, 2.05) is 30.5 Å².